The first-order chi connectivity index (χ1) is 7.72. The Labute approximate surface area is 99.0 Å². The second-order valence-electron chi connectivity index (χ2n) is 4.33. The Kier molecular flexibility index (Phi) is 5.60. The first-order valence-corrected chi connectivity index (χ1v) is 6.49. The zero-order valence-corrected chi connectivity index (χ0v) is 10.8. The fraction of sp³-hybridized carbons (Fsp3) is 0.917. The molecule has 0 radical (unpaired) electrons. The highest BCUT2D eigenvalue weighted by Crippen LogP contribution is 2.11. The Hall–Kier alpha value is -0.770. The zero-order valence-electron chi connectivity index (χ0n) is 10.8. The number of urea groups is 1. The molecule has 1 saturated heterocycles. The van der Waals surface area contributed by atoms with Crippen molar-refractivity contribution >= 4 is 6.03 Å². The molecule has 0 aliphatic carbocycles. The first-order valence-electron chi connectivity index (χ1n) is 6.49. The predicted octanol–water partition coefficient (Wildman–Crippen LogP) is 1.52. The van der Waals surface area contributed by atoms with Crippen LogP contribution >= 0.6 is 0 Å². The Morgan fingerprint density at radius 3 is 2.12 bits per heavy atom. The summed E-state index contributed by atoms with van der Waals surface area (Å²) in [6.45, 7) is 10.9. The van der Waals surface area contributed by atoms with Crippen LogP contribution in [0.2, 0.25) is 0 Å². The topological polar surface area (TPSA) is 35.6 Å². The average Bonchev–Trinajstić information content (AvgIpc) is 2.32. The van der Waals surface area contributed by atoms with E-state index in [1.165, 1.54) is 12.8 Å². The van der Waals surface area contributed by atoms with E-state index in [1.807, 2.05) is 11.8 Å². The molecular weight excluding hydrogens is 202 g/mol. The van der Waals surface area contributed by atoms with Gasteiger partial charge in [-0.15, -0.1) is 0 Å². The molecule has 1 aliphatic rings. The van der Waals surface area contributed by atoms with E-state index >= 15 is 0 Å². The maximum atomic E-state index is 11.6. The van der Waals surface area contributed by atoms with Crippen LogP contribution in [0.1, 0.15) is 33.6 Å². The number of amides is 2. The lowest BCUT2D eigenvalue weighted by Crippen LogP contribution is -2.54. The van der Waals surface area contributed by atoms with Crippen molar-refractivity contribution in [1.82, 2.24) is 15.1 Å². The summed E-state index contributed by atoms with van der Waals surface area (Å²) in [5.41, 5.74) is 0. The maximum Gasteiger partial charge on any atom is 0.317 e. The third-order valence-corrected chi connectivity index (χ3v) is 3.39. The van der Waals surface area contributed by atoms with Gasteiger partial charge in [0.2, 0.25) is 0 Å². The van der Waals surface area contributed by atoms with Gasteiger partial charge in [-0.05, 0) is 19.8 Å². The van der Waals surface area contributed by atoms with Crippen LogP contribution in [0.5, 0.6) is 0 Å². The van der Waals surface area contributed by atoms with Crippen LogP contribution in [-0.2, 0) is 0 Å². The molecule has 16 heavy (non-hydrogen) atoms. The minimum Gasteiger partial charge on any atom is -0.338 e. The van der Waals surface area contributed by atoms with Crippen LogP contribution in [0.15, 0.2) is 0 Å². The lowest BCUT2D eigenvalue weighted by Gasteiger charge is -2.38. The monoisotopic (exact) mass is 227 g/mol. The van der Waals surface area contributed by atoms with Gasteiger partial charge in [0.15, 0.2) is 0 Å². The molecule has 0 unspecified atom stereocenters. The van der Waals surface area contributed by atoms with Crippen LogP contribution in [0.4, 0.5) is 4.79 Å². The molecule has 0 spiro atoms. The molecular formula is C12H25N3O. The van der Waals surface area contributed by atoms with Gasteiger partial charge in [-0.3, -0.25) is 4.90 Å². The van der Waals surface area contributed by atoms with Crippen molar-refractivity contribution in [3.63, 3.8) is 0 Å². The molecule has 2 amide bonds. The van der Waals surface area contributed by atoms with Crippen LogP contribution in [0, 0.1) is 0 Å². The second-order valence-corrected chi connectivity index (χ2v) is 4.33. The smallest absolute Gasteiger partial charge is 0.317 e. The van der Waals surface area contributed by atoms with Crippen molar-refractivity contribution in [2.24, 2.45) is 0 Å². The molecule has 1 fully saturated rings. The van der Waals surface area contributed by atoms with Gasteiger partial charge in [0, 0.05) is 38.8 Å². The van der Waals surface area contributed by atoms with Gasteiger partial charge in [-0.25, -0.2) is 4.79 Å². The van der Waals surface area contributed by atoms with Crippen molar-refractivity contribution in [3.05, 3.63) is 0 Å². The Bertz CT molecular complexity index is 208. The van der Waals surface area contributed by atoms with E-state index in [2.05, 4.69) is 24.1 Å². The van der Waals surface area contributed by atoms with Gasteiger partial charge in [0.1, 0.15) is 0 Å². The van der Waals surface area contributed by atoms with Crippen LogP contribution in [-0.4, -0.2) is 54.6 Å². The van der Waals surface area contributed by atoms with Crippen molar-refractivity contribution in [1.29, 1.82) is 0 Å². The van der Waals surface area contributed by atoms with Gasteiger partial charge in [0.05, 0.1) is 0 Å². The normalized spacial score (nSPS) is 17.9. The highest BCUT2D eigenvalue weighted by atomic mass is 16.2. The number of nitrogens with one attached hydrogen (secondary N) is 1. The van der Waals surface area contributed by atoms with Crippen molar-refractivity contribution in [2.75, 3.05) is 32.7 Å². The highest BCUT2D eigenvalue weighted by molar-refractivity contribution is 5.74. The summed E-state index contributed by atoms with van der Waals surface area (Å²) in [6, 6.07) is 0.781. The van der Waals surface area contributed by atoms with E-state index < -0.39 is 0 Å². The van der Waals surface area contributed by atoms with Crippen LogP contribution in [0.25, 0.3) is 0 Å². The summed E-state index contributed by atoms with van der Waals surface area (Å²) < 4.78 is 0. The molecule has 1 N–H and O–H groups in total. The molecule has 0 bridgehead atoms. The molecule has 0 aromatic carbocycles. The molecule has 0 aromatic heterocycles. The molecule has 0 saturated carbocycles. The molecule has 1 rings (SSSR count). The number of piperazine rings is 1. The van der Waals surface area contributed by atoms with E-state index in [-0.39, 0.29) is 6.03 Å². The molecule has 1 aliphatic heterocycles. The summed E-state index contributed by atoms with van der Waals surface area (Å²) in [6.07, 6.45) is 2.41. The SMILES string of the molecule is CCNC(=O)N1CCN(C(CC)CC)CC1. The maximum absolute atomic E-state index is 11.6. The Balaban J connectivity index is 2.35. The van der Waals surface area contributed by atoms with E-state index in [9.17, 15) is 4.79 Å². The molecule has 1 heterocycles. The standard InChI is InChI=1S/C12H25N3O/c1-4-11(5-2)14-7-9-15(10-8-14)12(16)13-6-3/h11H,4-10H2,1-3H3,(H,13,16). The summed E-state index contributed by atoms with van der Waals surface area (Å²) >= 11 is 0. The number of hydrogen-bond donors (Lipinski definition) is 1. The average molecular weight is 227 g/mol. The van der Waals surface area contributed by atoms with E-state index in [1.54, 1.807) is 0 Å². The lowest BCUT2D eigenvalue weighted by atomic mass is 10.1. The highest BCUT2D eigenvalue weighted by Gasteiger charge is 2.23. The summed E-state index contributed by atoms with van der Waals surface area (Å²) in [7, 11) is 0. The quantitative estimate of drug-likeness (QED) is 0.790. The number of carbonyl (C=O) groups is 1. The zero-order chi connectivity index (χ0) is 12.0. The Morgan fingerprint density at radius 1 is 1.12 bits per heavy atom. The molecule has 4 heteroatoms. The van der Waals surface area contributed by atoms with Crippen molar-refractivity contribution in [2.45, 2.75) is 39.7 Å². The van der Waals surface area contributed by atoms with Crippen LogP contribution in [0.3, 0.4) is 0 Å². The van der Waals surface area contributed by atoms with E-state index in [0.717, 1.165) is 26.2 Å². The minimum atomic E-state index is 0.0895. The largest absolute Gasteiger partial charge is 0.338 e. The third-order valence-electron chi connectivity index (χ3n) is 3.39. The molecule has 4 nitrogen and oxygen atoms in total. The van der Waals surface area contributed by atoms with Gasteiger partial charge < -0.3 is 10.2 Å². The van der Waals surface area contributed by atoms with Gasteiger partial charge in [-0.1, -0.05) is 13.8 Å². The number of hydrogen-bond acceptors (Lipinski definition) is 2. The summed E-state index contributed by atoms with van der Waals surface area (Å²) in [5, 5.41) is 2.86. The number of nitrogens with zero attached hydrogens (tertiary/aromatic N) is 2. The summed E-state index contributed by atoms with van der Waals surface area (Å²) in [5.74, 6) is 0. The van der Waals surface area contributed by atoms with Crippen molar-refractivity contribution in [3.8, 4) is 0 Å². The van der Waals surface area contributed by atoms with Gasteiger partial charge >= 0.3 is 6.03 Å². The van der Waals surface area contributed by atoms with Crippen molar-refractivity contribution < 1.29 is 4.79 Å². The second kappa shape index (κ2) is 6.74. The van der Waals surface area contributed by atoms with Gasteiger partial charge in [0.25, 0.3) is 0 Å². The van der Waals surface area contributed by atoms with Crippen LogP contribution < -0.4 is 5.32 Å². The molecule has 0 aromatic rings. The summed E-state index contributed by atoms with van der Waals surface area (Å²) in [4.78, 5) is 16.0. The fourth-order valence-corrected chi connectivity index (χ4v) is 2.36. The number of rotatable bonds is 4. The Morgan fingerprint density at radius 2 is 1.69 bits per heavy atom. The third kappa shape index (κ3) is 3.37. The predicted molar refractivity (Wildman–Crippen MR) is 66.6 cm³/mol. The minimum absolute atomic E-state index is 0.0895. The van der Waals surface area contributed by atoms with E-state index in [0.29, 0.717) is 12.6 Å². The van der Waals surface area contributed by atoms with Gasteiger partial charge in [-0.2, -0.15) is 0 Å². The van der Waals surface area contributed by atoms with E-state index in [4.69, 9.17) is 0 Å². The fourth-order valence-electron chi connectivity index (χ4n) is 2.36. The first kappa shape index (κ1) is 13.3. The number of carbonyl (C=O) groups excluding carboxylic acids is 1. The molecule has 94 valence electrons. The lowest BCUT2D eigenvalue weighted by molar-refractivity contribution is 0.104. The molecule has 0 atom stereocenters.